The van der Waals surface area contributed by atoms with Crippen molar-refractivity contribution in [1.29, 1.82) is 5.26 Å². The molecule has 1 aromatic rings. The topological polar surface area (TPSA) is 62.6 Å². The van der Waals surface area contributed by atoms with Gasteiger partial charge in [-0.3, -0.25) is 9.05 Å². The Morgan fingerprint density at radius 1 is 1.50 bits per heavy atom. The summed E-state index contributed by atoms with van der Waals surface area (Å²) >= 11 is 0. The Balaban J connectivity index is 2.34. The second kappa shape index (κ2) is 7.46. The highest BCUT2D eigenvalue weighted by atomic mass is 31.2. The van der Waals surface area contributed by atoms with E-state index in [9.17, 15) is 9.83 Å². The molecule has 1 aliphatic heterocycles. The van der Waals surface area contributed by atoms with Crippen LogP contribution in [0.25, 0.3) is 0 Å². The lowest BCUT2D eigenvalue weighted by Gasteiger charge is -2.28. The first kappa shape index (κ1) is 18.6. The summed E-state index contributed by atoms with van der Waals surface area (Å²) in [6, 6.07) is 11.5. The smallest absolute Gasteiger partial charge is 0.287 e. The zero-order valence-corrected chi connectivity index (χ0v) is 15.1. The lowest BCUT2D eigenvalue weighted by molar-refractivity contribution is 0.117. The molecule has 5 nitrogen and oxygen atoms in total. The summed E-state index contributed by atoms with van der Waals surface area (Å²) in [7, 11) is -1.93. The van der Waals surface area contributed by atoms with Crippen LogP contribution < -0.4 is 0 Å². The van der Waals surface area contributed by atoms with Gasteiger partial charge in [-0.2, -0.15) is 5.26 Å². The van der Waals surface area contributed by atoms with Crippen molar-refractivity contribution in [2.24, 2.45) is 0 Å². The van der Waals surface area contributed by atoms with Gasteiger partial charge in [-0.1, -0.05) is 42.5 Å². The minimum Gasteiger partial charge on any atom is -0.287 e. The monoisotopic (exact) mass is 346 g/mol. The van der Waals surface area contributed by atoms with E-state index in [-0.39, 0.29) is 18.6 Å². The van der Waals surface area contributed by atoms with Crippen LogP contribution in [0.4, 0.5) is 0 Å². The zero-order chi connectivity index (χ0) is 17.8. The summed E-state index contributed by atoms with van der Waals surface area (Å²) in [4.78, 5) is 0. The number of allylic oxidation sites excluding steroid dienone is 1. The predicted octanol–water partition coefficient (Wildman–Crippen LogP) is 4.62. The van der Waals surface area contributed by atoms with Crippen LogP contribution in [-0.2, 0) is 13.6 Å². The van der Waals surface area contributed by atoms with Crippen LogP contribution in [0.15, 0.2) is 55.1 Å². The van der Waals surface area contributed by atoms with Crippen molar-refractivity contribution in [3.8, 4) is 6.07 Å². The SMILES string of the molecule is C=CC[C@](C#N)(/C=C/C)OP1(=O)O[C@@H](c2ccccc2)[C@H](C)N1C. The van der Waals surface area contributed by atoms with Crippen LogP contribution in [0.2, 0.25) is 0 Å². The molecular formula is C18H23N2O3P. The van der Waals surface area contributed by atoms with Crippen LogP contribution in [0, 0.1) is 11.3 Å². The molecule has 1 aromatic carbocycles. The van der Waals surface area contributed by atoms with E-state index in [1.165, 1.54) is 0 Å². The first-order chi connectivity index (χ1) is 11.4. The van der Waals surface area contributed by atoms with E-state index in [1.807, 2.05) is 37.3 Å². The highest BCUT2D eigenvalue weighted by Crippen LogP contribution is 2.64. The molecule has 1 saturated heterocycles. The predicted molar refractivity (Wildman–Crippen MR) is 94.2 cm³/mol. The van der Waals surface area contributed by atoms with E-state index in [2.05, 4.69) is 12.6 Å². The van der Waals surface area contributed by atoms with Gasteiger partial charge in [0.15, 0.2) is 5.60 Å². The fourth-order valence-electron chi connectivity index (χ4n) is 2.72. The fourth-order valence-corrected chi connectivity index (χ4v) is 4.78. The second-order valence-electron chi connectivity index (χ2n) is 5.80. The summed E-state index contributed by atoms with van der Waals surface area (Å²) in [6.45, 7) is 7.37. The number of hydrogen-bond acceptors (Lipinski definition) is 4. The van der Waals surface area contributed by atoms with Gasteiger partial charge in [0.05, 0.1) is 0 Å². The molecule has 0 bridgehead atoms. The number of likely N-dealkylation sites (N-methyl/N-ethyl adjacent to an activating group) is 1. The van der Waals surface area contributed by atoms with Gasteiger partial charge < -0.3 is 0 Å². The Morgan fingerprint density at radius 2 is 2.17 bits per heavy atom. The normalized spacial score (nSPS) is 30.1. The first-order valence-electron chi connectivity index (χ1n) is 7.85. The van der Waals surface area contributed by atoms with Crippen molar-refractivity contribution in [2.45, 2.75) is 38.0 Å². The lowest BCUT2D eigenvalue weighted by Crippen LogP contribution is -2.30. The van der Waals surface area contributed by atoms with E-state index in [0.717, 1.165) is 5.56 Å². The number of hydrogen-bond donors (Lipinski definition) is 0. The van der Waals surface area contributed by atoms with Gasteiger partial charge in [0.25, 0.3) is 0 Å². The van der Waals surface area contributed by atoms with E-state index >= 15 is 0 Å². The molecule has 1 aliphatic rings. The average Bonchev–Trinajstić information content (AvgIpc) is 2.80. The fraction of sp³-hybridized carbons (Fsp3) is 0.389. The molecule has 0 radical (unpaired) electrons. The third-order valence-corrected chi connectivity index (χ3v) is 6.33. The number of benzene rings is 1. The third kappa shape index (κ3) is 3.53. The molecule has 6 heteroatoms. The number of nitriles is 1. The van der Waals surface area contributed by atoms with E-state index in [1.54, 1.807) is 36.9 Å². The third-order valence-electron chi connectivity index (χ3n) is 4.14. The molecule has 1 unspecified atom stereocenters. The largest absolute Gasteiger partial charge is 0.410 e. The molecular weight excluding hydrogens is 323 g/mol. The highest BCUT2D eigenvalue weighted by molar-refractivity contribution is 7.51. The Hall–Kier alpha value is -1.70. The molecule has 0 aliphatic carbocycles. The van der Waals surface area contributed by atoms with Crippen molar-refractivity contribution >= 4 is 7.75 Å². The van der Waals surface area contributed by atoms with Gasteiger partial charge in [0.1, 0.15) is 12.2 Å². The zero-order valence-electron chi connectivity index (χ0n) is 14.3. The van der Waals surface area contributed by atoms with Gasteiger partial charge in [-0.25, -0.2) is 9.24 Å². The second-order valence-corrected chi connectivity index (χ2v) is 7.77. The van der Waals surface area contributed by atoms with Crippen molar-refractivity contribution in [3.05, 3.63) is 60.7 Å². The minimum atomic E-state index is -3.62. The van der Waals surface area contributed by atoms with Gasteiger partial charge in [0.2, 0.25) is 0 Å². The minimum absolute atomic E-state index is 0.149. The molecule has 24 heavy (non-hydrogen) atoms. The molecule has 0 aromatic heterocycles. The van der Waals surface area contributed by atoms with Crippen molar-refractivity contribution < 1.29 is 13.6 Å². The molecule has 1 heterocycles. The molecule has 0 saturated carbocycles. The van der Waals surface area contributed by atoms with E-state index in [4.69, 9.17) is 9.05 Å². The van der Waals surface area contributed by atoms with Crippen molar-refractivity contribution in [2.75, 3.05) is 7.05 Å². The molecule has 0 N–H and O–H groups in total. The molecule has 0 amide bonds. The van der Waals surface area contributed by atoms with E-state index < -0.39 is 13.3 Å². The van der Waals surface area contributed by atoms with Crippen molar-refractivity contribution in [1.82, 2.24) is 4.67 Å². The summed E-state index contributed by atoms with van der Waals surface area (Å²) < 4.78 is 26.6. The molecule has 128 valence electrons. The van der Waals surface area contributed by atoms with Crippen LogP contribution in [0.1, 0.15) is 31.9 Å². The quantitative estimate of drug-likeness (QED) is 0.556. The van der Waals surface area contributed by atoms with Gasteiger partial charge in [0, 0.05) is 12.5 Å². The van der Waals surface area contributed by atoms with Crippen LogP contribution in [0.3, 0.4) is 0 Å². The maximum atomic E-state index is 13.3. The standard InChI is InChI=1S/C18H23N2O3P/c1-5-12-18(14-19,13-6-2)23-24(21)20(4)15(3)17(22-24)16-10-8-7-9-11-16/h5-11,13,15,17H,1,12H2,2-4H3/b13-6+/t15-,17+,18+,24?/m0/s1. The summed E-state index contributed by atoms with van der Waals surface area (Å²) in [6.07, 6.45) is 4.70. The van der Waals surface area contributed by atoms with Crippen LogP contribution in [-0.4, -0.2) is 23.4 Å². The maximum absolute atomic E-state index is 13.3. The Labute approximate surface area is 143 Å². The summed E-state index contributed by atoms with van der Waals surface area (Å²) in [5.41, 5.74) is -0.429. The van der Waals surface area contributed by atoms with E-state index in [0.29, 0.717) is 0 Å². The molecule has 1 fully saturated rings. The highest BCUT2D eigenvalue weighted by Gasteiger charge is 2.51. The Morgan fingerprint density at radius 3 is 2.71 bits per heavy atom. The molecule has 2 rings (SSSR count). The lowest BCUT2D eigenvalue weighted by atomic mass is 10.0. The first-order valence-corrected chi connectivity index (χ1v) is 9.34. The number of nitrogens with zero attached hydrogens (tertiary/aromatic N) is 2. The summed E-state index contributed by atoms with van der Waals surface area (Å²) in [5, 5.41) is 9.58. The maximum Gasteiger partial charge on any atom is 0.410 e. The number of rotatable bonds is 6. The average molecular weight is 346 g/mol. The van der Waals surface area contributed by atoms with Crippen LogP contribution >= 0.6 is 7.75 Å². The summed E-state index contributed by atoms with van der Waals surface area (Å²) in [5.74, 6) is 0. The van der Waals surface area contributed by atoms with Crippen LogP contribution in [0.5, 0.6) is 0 Å². The molecule has 4 atom stereocenters. The van der Waals surface area contributed by atoms with Gasteiger partial charge >= 0.3 is 7.75 Å². The molecule has 0 spiro atoms. The van der Waals surface area contributed by atoms with Gasteiger partial charge in [-0.05, 0) is 32.5 Å². The Bertz CT molecular complexity index is 698. The van der Waals surface area contributed by atoms with Crippen molar-refractivity contribution in [3.63, 3.8) is 0 Å². The Kier molecular flexibility index (Phi) is 5.79. The van der Waals surface area contributed by atoms with Gasteiger partial charge in [-0.15, -0.1) is 6.58 Å².